The molecular formula is C13H10BrN3S. The summed E-state index contributed by atoms with van der Waals surface area (Å²) in [5, 5.41) is 0.901. The predicted molar refractivity (Wildman–Crippen MR) is 76.0 cm³/mol. The molecule has 0 saturated carbocycles. The fourth-order valence-corrected chi connectivity index (χ4v) is 3.06. The van der Waals surface area contributed by atoms with Crippen LogP contribution in [0.2, 0.25) is 0 Å². The maximum Gasteiger partial charge on any atom is 0.170 e. The fraction of sp³-hybridized carbons (Fsp3) is 0.0769. The first-order valence-corrected chi connectivity index (χ1v) is 7.07. The zero-order chi connectivity index (χ0) is 12.5. The minimum atomic E-state index is 0.808. The van der Waals surface area contributed by atoms with Gasteiger partial charge < -0.3 is 4.40 Å². The van der Waals surface area contributed by atoms with Gasteiger partial charge in [-0.25, -0.2) is 9.97 Å². The molecule has 0 radical (unpaired) electrons. The van der Waals surface area contributed by atoms with Gasteiger partial charge in [0.1, 0.15) is 9.63 Å². The smallest absolute Gasteiger partial charge is 0.170 e. The van der Waals surface area contributed by atoms with Gasteiger partial charge in [0.15, 0.2) is 5.65 Å². The molecule has 0 aliphatic rings. The topological polar surface area (TPSA) is 30.2 Å². The summed E-state index contributed by atoms with van der Waals surface area (Å²) in [6.45, 7) is 2.08. The molecule has 0 N–H and O–H groups in total. The average molecular weight is 320 g/mol. The van der Waals surface area contributed by atoms with E-state index in [1.165, 1.54) is 5.56 Å². The lowest BCUT2D eigenvalue weighted by Gasteiger charge is -2.04. The summed E-state index contributed by atoms with van der Waals surface area (Å²) >= 11 is 5.04. The predicted octanol–water partition coefficient (Wildman–Crippen LogP) is 3.95. The van der Waals surface area contributed by atoms with Crippen molar-refractivity contribution in [2.45, 2.75) is 16.8 Å². The lowest BCUT2D eigenvalue weighted by Crippen LogP contribution is -1.91. The summed E-state index contributed by atoms with van der Waals surface area (Å²) in [5.74, 6) is 0. The Labute approximate surface area is 117 Å². The summed E-state index contributed by atoms with van der Waals surface area (Å²) in [6, 6.07) is 8.40. The number of aryl methyl sites for hydroxylation is 1. The number of hydrogen-bond donors (Lipinski definition) is 0. The van der Waals surface area contributed by atoms with Crippen LogP contribution in [0.15, 0.2) is 57.4 Å². The van der Waals surface area contributed by atoms with Gasteiger partial charge in [-0.15, -0.1) is 0 Å². The van der Waals surface area contributed by atoms with E-state index in [-0.39, 0.29) is 0 Å². The summed E-state index contributed by atoms with van der Waals surface area (Å²) < 4.78 is 2.77. The van der Waals surface area contributed by atoms with Crippen molar-refractivity contribution in [2.24, 2.45) is 0 Å². The van der Waals surface area contributed by atoms with Crippen LogP contribution < -0.4 is 0 Å². The van der Waals surface area contributed by atoms with E-state index in [4.69, 9.17) is 0 Å². The molecule has 2 aromatic heterocycles. The van der Waals surface area contributed by atoms with Gasteiger partial charge in [-0.1, -0.05) is 29.5 Å². The van der Waals surface area contributed by atoms with Gasteiger partial charge in [-0.3, -0.25) is 0 Å². The molecular weight excluding hydrogens is 310 g/mol. The lowest BCUT2D eigenvalue weighted by molar-refractivity contribution is 1.01. The third kappa shape index (κ3) is 2.28. The molecule has 3 rings (SSSR count). The average Bonchev–Trinajstić information content (AvgIpc) is 2.80. The van der Waals surface area contributed by atoms with Crippen LogP contribution >= 0.6 is 27.7 Å². The Bertz CT molecular complexity index is 691. The van der Waals surface area contributed by atoms with Crippen LogP contribution in [0.3, 0.4) is 0 Å². The number of fused-ring (bicyclic) bond motifs is 1. The van der Waals surface area contributed by atoms with Crippen LogP contribution in [0, 0.1) is 6.92 Å². The van der Waals surface area contributed by atoms with Crippen molar-refractivity contribution >= 4 is 33.3 Å². The van der Waals surface area contributed by atoms with E-state index < -0.39 is 0 Å². The first kappa shape index (κ1) is 11.7. The molecule has 0 saturated heterocycles. The summed E-state index contributed by atoms with van der Waals surface area (Å²) in [7, 11) is 0. The first-order valence-electron chi connectivity index (χ1n) is 5.46. The van der Waals surface area contributed by atoms with Crippen LogP contribution in [0.25, 0.3) is 5.65 Å². The van der Waals surface area contributed by atoms with Crippen molar-refractivity contribution in [1.82, 2.24) is 14.4 Å². The van der Waals surface area contributed by atoms with E-state index in [1.54, 1.807) is 18.0 Å². The molecule has 5 heteroatoms. The maximum atomic E-state index is 4.49. The molecule has 90 valence electrons. The molecule has 3 nitrogen and oxygen atoms in total. The second-order valence-corrected chi connectivity index (χ2v) is 5.82. The van der Waals surface area contributed by atoms with Crippen molar-refractivity contribution in [3.63, 3.8) is 0 Å². The van der Waals surface area contributed by atoms with Gasteiger partial charge in [0, 0.05) is 23.5 Å². The van der Waals surface area contributed by atoms with Gasteiger partial charge in [-0.05, 0) is 35.0 Å². The molecule has 2 heterocycles. The van der Waals surface area contributed by atoms with Gasteiger partial charge >= 0.3 is 0 Å². The molecule has 3 aromatic rings. The van der Waals surface area contributed by atoms with Gasteiger partial charge in [0.2, 0.25) is 0 Å². The third-order valence-electron chi connectivity index (χ3n) is 2.55. The Morgan fingerprint density at radius 3 is 2.78 bits per heavy atom. The van der Waals surface area contributed by atoms with E-state index in [0.29, 0.717) is 0 Å². The second kappa shape index (κ2) is 4.74. The first-order chi connectivity index (χ1) is 8.72. The normalized spacial score (nSPS) is 11.0. The lowest BCUT2D eigenvalue weighted by atomic mass is 10.2. The Balaban J connectivity index is 2.03. The maximum absolute atomic E-state index is 4.49. The molecule has 18 heavy (non-hydrogen) atoms. The molecule has 0 bridgehead atoms. The van der Waals surface area contributed by atoms with E-state index in [0.717, 1.165) is 20.2 Å². The number of aromatic nitrogens is 3. The number of halogens is 1. The summed E-state index contributed by atoms with van der Waals surface area (Å²) in [6.07, 6.45) is 5.60. The van der Waals surface area contributed by atoms with E-state index in [1.807, 2.05) is 16.8 Å². The van der Waals surface area contributed by atoms with E-state index >= 15 is 0 Å². The monoisotopic (exact) mass is 319 g/mol. The summed E-state index contributed by atoms with van der Waals surface area (Å²) in [5.41, 5.74) is 2.14. The number of benzene rings is 1. The molecule has 1 aromatic carbocycles. The van der Waals surface area contributed by atoms with Crippen molar-refractivity contribution < 1.29 is 0 Å². The minimum absolute atomic E-state index is 0.808. The third-order valence-corrected chi connectivity index (χ3v) is 3.91. The van der Waals surface area contributed by atoms with Crippen LogP contribution in [-0.2, 0) is 0 Å². The fourth-order valence-electron chi connectivity index (χ4n) is 1.66. The largest absolute Gasteiger partial charge is 0.302 e. The van der Waals surface area contributed by atoms with Crippen molar-refractivity contribution in [3.05, 3.63) is 53.0 Å². The molecule has 0 unspecified atom stereocenters. The Morgan fingerprint density at radius 1 is 1.22 bits per heavy atom. The number of rotatable bonds is 2. The highest BCUT2D eigenvalue weighted by Crippen LogP contribution is 2.29. The quantitative estimate of drug-likeness (QED) is 0.716. The number of hydrogen-bond acceptors (Lipinski definition) is 3. The van der Waals surface area contributed by atoms with Crippen molar-refractivity contribution in [3.8, 4) is 0 Å². The summed E-state index contributed by atoms with van der Waals surface area (Å²) in [4.78, 5) is 9.98. The Hall–Kier alpha value is -1.33. The van der Waals surface area contributed by atoms with E-state index in [2.05, 4.69) is 57.1 Å². The van der Waals surface area contributed by atoms with Gasteiger partial charge in [0.05, 0.1) is 0 Å². The molecule has 0 fully saturated rings. The minimum Gasteiger partial charge on any atom is -0.302 e. The Morgan fingerprint density at radius 2 is 2.00 bits per heavy atom. The highest BCUT2D eigenvalue weighted by Gasteiger charge is 2.08. The Kier molecular flexibility index (Phi) is 3.09. The van der Waals surface area contributed by atoms with Gasteiger partial charge in [0.25, 0.3) is 0 Å². The molecule has 0 spiro atoms. The molecule has 0 aliphatic carbocycles. The van der Waals surface area contributed by atoms with Crippen molar-refractivity contribution in [1.29, 1.82) is 0 Å². The van der Waals surface area contributed by atoms with Crippen LogP contribution in [-0.4, -0.2) is 14.4 Å². The van der Waals surface area contributed by atoms with Crippen LogP contribution in [0.5, 0.6) is 0 Å². The SMILES string of the molecule is Cc1ccc(Sc2nc(Br)cn3ccnc23)cc1. The molecule has 0 aliphatic heterocycles. The highest BCUT2D eigenvalue weighted by atomic mass is 79.9. The number of imidazole rings is 1. The van der Waals surface area contributed by atoms with Gasteiger partial charge in [-0.2, -0.15) is 0 Å². The molecule has 0 amide bonds. The van der Waals surface area contributed by atoms with Crippen LogP contribution in [0.4, 0.5) is 0 Å². The molecule has 0 atom stereocenters. The number of nitrogens with zero attached hydrogens (tertiary/aromatic N) is 3. The van der Waals surface area contributed by atoms with Crippen LogP contribution in [0.1, 0.15) is 5.56 Å². The second-order valence-electron chi connectivity index (χ2n) is 3.94. The highest BCUT2D eigenvalue weighted by molar-refractivity contribution is 9.10. The zero-order valence-corrected chi connectivity index (χ0v) is 12.1. The zero-order valence-electron chi connectivity index (χ0n) is 9.67. The standard InChI is InChI=1S/C13H10BrN3S/c1-9-2-4-10(5-3-9)18-13-12-15-6-7-17(12)8-11(14)16-13/h2-8H,1H3. The van der Waals surface area contributed by atoms with E-state index in [9.17, 15) is 0 Å². The van der Waals surface area contributed by atoms with Crippen molar-refractivity contribution in [2.75, 3.05) is 0 Å².